The van der Waals surface area contributed by atoms with Crippen LogP contribution in [-0.4, -0.2) is 26.1 Å². The Morgan fingerprint density at radius 2 is 1.61 bits per heavy atom. The molecule has 0 saturated heterocycles. The predicted molar refractivity (Wildman–Crippen MR) is 120 cm³/mol. The van der Waals surface area contributed by atoms with Gasteiger partial charge in [-0.2, -0.15) is 4.98 Å². The fraction of sp³-hybridized carbons (Fsp3) is 0.160. The monoisotopic (exact) mass is 414 g/mol. The lowest BCUT2D eigenvalue weighted by Gasteiger charge is -2.17. The third-order valence-corrected chi connectivity index (χ3v) is 5.06. The zero-order valence-electron chi connectivity index (χ0n) is 17.2. The maximum Gasteiger partial charge on any atom is 0.226 e. The van der Waals surface area contributed by atoms with Crippen LogP contribution in [0.5, 0.6) is 5.88 Å². The molecule has 1 unspecified atom stereocenters. The summed E-state index contributed by atoms with van der Waals surface area (Å²) in [7, 11) is 0. The van der Waals surface area contributed by atoms with Gasteiger partial charge in [0.05, 0.1) is 11.3 Å². The van der Waals surface area contributed by atoms with Crippen LogP contribution in [0, 0.1) is 5.82 Å². The molecule has 0 bridgehead atoms. The minimum absolute atomic E-state index is 0.0987. The Bertz CT molecular complexity index is 1140. The van der Waals surface area contributed by atoms with Gasteiger partial charge >= 0.3 is 0 Å². The first-order chi connectivity index (χ1) is 15.1. The molecular formula is C25H23FN4O. The first-order valence-corrected chi connectivity index (χ1v) is 10.2. The number of anilines is 1. The number of benzene rings is 2. The quantitative estimate of drug-likeness (QED) is 0.419. The lowest BCUT2D eigenvalue weighted by molar-refractivity contribution is 0.455. The molecule has 2 aromatic carbocycles. The lowest BCUT2D eigenvalue weighted by atomic mass is 10.0. The highest BCUT2D eigenvalue weighted by Gasteiger charge is 2.18. The van der Waals surface area contributed by atoms with Crippen molar-refractivity contribution in [1.29, 1.82) is 0 Å². The van der Waals surface area contributed by atoms with Gasteiger partial charge in [0.15, 0.2) is 0 Å². The summed E-state index contributed by atoms with van der Waals surface area (Å²) < 4.78 is 13.4. The van der Waals surface area contributed by atoms with Crippen LogP contribution >= 0.6 is 0 Å². The molecule has 0 spiro atoms. The summed E-state index contributed by atoms with van der Waals surface area (Å²) in [4.78, 5) is 13.0. The number of hydrogen-bond acceptors (Lipinski definition) is 5. The highest BCUT2D eigenvalue weighted by atomic mass is 19.1. The first kappa shape index (κ1) is 20.5. The molecule has 0 amide bonds. The van der Waals surface area contributed by atoms with Crippen molar-refractivity contribution < 1.29 is 9.50 Å². The van der Waals surface area contributed by atoms with Crippen molar-refractivity contribution in [2.45, 2.75) is 25.8 Å². The maximum absolute atomic E-state index is 13.4. The van der Waals surface area contributed by atoms with E-state index in [4.69, 9.17) is 4.98 Å². The number of aryl methyl sites for hydroxylation is 1. The van der Waals surface area contributed by atoms with E-state index in [1.165, 1.54) is 17.7 Å². The average Bonchev–Trinajstić information content (AvgIpc) is 2.79. The molecule has 2 aromatic heterocycles. The third kappa shape index (κ3) is 5.04. The zero-order valence-corrected chi connectivity index (χ0v) is 17.2. The van der Waals surface area contributed by atoms with Gasteiger partial charge in [-0.15, -0.1) is 0 Å². The van der Waals surface area contributed by atoms with E-state index in [-0.39, 0.29) is 17.7 Å². The summed E-state index contributed by atoms with van der Waals surface area (Å²) in [6.07, 6.45) is 5.14. The summed E-state index contributed by atoms with van der Waals surface area (Å²) in [6.45, 7) is 2.06. The van der Waals surface area contributed by atoms with Crippen LogP contribution in [0.4, 0.5) is 10.3 Å². The summed E-state index contributed by atoms with van der Waals surface area (Å²) >= 11 is 0. The number of rotatable bonds is 7. The summed E-state index contributed by atoms with van der Waals surface area (Å²) in [5.74, 6) is -0.165. The Hall–Kier alpha value is -3.80. The van der Waals surface area contributed by atoms with Crippen molar-refractivity contribution in [2.24, 2.45) is 0 Å². The molecule has 156 valence electrons. The molecule has 0 aliphatic rings. The van der Waals surface area contributed by atoms with Crippen LogP contribution in [0.2, 0.25) is 0 Å². The maximum atomic E-state index is 13.4. The summed E-state index contributed by atoms with van der Waals surface area (Å²) in [5.41, 5.74) is 3.69. The van der Waals surface area contributed by atoms with Crippen molar-refractivity contribution >= 4 is 5.95 Å². The highest BCUT2D eigenvalue weighted by molar-refractivity contribution is 5.84. The van der Waals surface area contributed by atoms with Crippen LogP contribution in [0.1, 0.15) is 18.9 Å². The highest BCUT2D eigenvalue weighted by Crippen LogP contribution is 2.37. The molecule has 0 fully saturated rings. The first-order valence-electron chi connectivity index (χ1n) is 10.2. The van der Waals surface area contributed by atoms with Crippen molar-refractivity contribution in [3.63, 3.8) is 0 Å². The standard InChI is InChI=1S/C25H23FN4O/c1-17(7-8-18-5-3-2-4-6-18)28-25-29-23(20-13-15-27-16-14-20)22(24(31)30-25)19-9-11-21(26)12-10-19/h2-6,9-17H,7-8H2,1H3,(H2,28,29,30,31). The molecule has 0 saturated carbocycles. The largest absolute Gasteiger partial charge is 0.493 e. The predicted octanol–water partition coefficient (Wildman–Crippen LogP) is 5.48. The van der Waals surface area contributed by atoms with Crippen molar-refractivity contribution in [2.75, 3.05) is 5.32 Å². The van der Waals surface area contributed by atoms with Gasteiger partial charge in [0.2, 0.25) is 11.8 Å². The van der Waals surface area contributed by atoms with E-state index in [9.17, 15) is 9.50 Å². The van der Waals surface area contributed by atoms with E-state index >= 15 is 0 Å². The van der Waals surface area contributed by atoms with Gasteiger partial charge in [-0.05, 0) is 55.2 Å². The van der Waals surface area contributed by atoms with Gasteiger partial charge < -0.3 is 10.4 Å². The zero-order chi connectivity index (χ0) is 21.6. The number of hydrogen-bond donors (Lipinski definition) is 2. The second kappa shape index (κ2) is 9.34. The van der Waals surface area contributed by atoms with E-state index in [1.54, 1.807) is 24.5 Å². The Kier molecular flexibility index (Phi) is 6.17. The van der Waals surface area contributed by atoms with Crippen LogP contribution in [0.15, 0.2) is 79.1 Å². The number of halogens is 1. The van der Waals surface area contributed by atoms with E-state index in [2.05, 4.69) is 34.3 Å². The Labute approximate surface area is 180 Å². The van der Waals surface area contributed by atoms with Crippen LogP contribution in [-0.2, 0) is 6.42 Å². The van der Waals surface area contributed by atoms with Crippen LogP contribution in [0.25, 0.3) is 22.4 Å². The van der Waals surface area contributed by atoms with Gasteiger partial charge in [-0.1, -0.05) is 42.5 Å². The number of pyridine rings is 1. The minimum atomic E-state index is -0.347. The van der Waals surface area contributed by atoms with Gasteiger partial charge in [0.25, 0.3) is 0 Å². The molecule has 2 N–H and O–H groups in total. The Balaban J connectivity index is 1.64. The van der Waals surface area contributed by atoms with Crippen molar-refractivity contribution in [3.8, 4) is 28.3 Å². The topological polar surface area (TPSA) is 70.9 Å². The molecule has 31 heavy (non-hydrogen) atoms. The average molecular weight is 414 g/mol. The fourth-order valence-electron chi connectivity index (χ4n) is 3.43. The van der Waals surface area contributed by atoms with Gasteiger partial charge in [0, 0.05) is 24.0 Å². The number of aromatic nitrogens is 3. The number of nitrogens with one attached hydrogen (secondary N) is 1. The molecule has 5 nitrogen and oxygen atoms in total. The van der Waals surface area contributed by atoms with Crippen LogP contribution in [0.3, 0.4) is 0 Å². The fourth-order valence-corrected chi connectivity index (χ4v) is 3.43. The van der Waals surface area contributed by atoms with E-state index in [0.717, 1.165) is 18.4 Å². The van der Waals surface area contributed by atoms with Gasteiger partial charge in [0.1, 0.15) is 5.82 Å². The Morgan fingerprint density at radius 3 is 2.32 bits per heavy atom. The molecule has 1 atom stereocenters. The Morgan fingerprint density at radius 1 is 0.903 bits per heavy atom. The van der Waals surface area contributed by atoms with Crippen molar-refractivity contribution in [3.05, 3.63) is 90.5 Å². The SMILES string of the molecule is CC(CCc1ccccc1)Nc1nc(O)c(-c2ccc(F)cc2)c(-c2ccncc2)n1. The second-order valence-corrected chi connectivity index (χ2v) is 7.41. The summed E-state index contributed by atoms with van der Waals surface area (Å²) in [6, 6.07) is 19.9. The molecule has 0 aliphatic heterocycles. The molecule has 0 aliphatic carbocycles. The second-order valence-electron chi connectivity index (χ2n) is 7.41. The number of nitrogens with zero attached hydrogens (tertiary/aromatic N) is 3. The third-order valence-electron chi connectivity index (χ3n) is 5.06. The molecule has 4 rings (SSSR count). The molecule has 6 heteroatoms. The molecular weight excluding hydrogens is 391 g/mol. The molecule has 0 radical (unpaired) electrons. The van der Waals surface area contributed by atoms with Gasteiger partial charge in [-0.25, -0.2) is 9.37 Å². The van der Waals surface area contributed by atoms with Crippen LogP contribution < -0.4 is 5.32 Å². The molecule has 4 aromatic rings. The molecule has 2 heterocycles. The van der Waals surface area contributed by atoms with Crippen molar-refractivity contribution in [1.82, 2.24) is 15.0 Å². The summed E-state index contributed by atoms with van der Waals surface area (Å²) in [5, 5.41) is 14.1. The normalized spacial score (nSPS) is 11.8. The van der Waals surface area contributed by atoms with E-state index < -0.39 is 0 Å². The van der Waals surface area contributed by atoms with E-state index in [0.29, 0.717) is 22.8 Å². The smallest absolute Gasteiger partial charge is 0.226 e. The lowest BCUT2D eigenvalue weighted by Crippen LogP contribution is -2.18. The van der Waals surface area contributed by atoms with E-state index in [1.807, 2.05) is 30.3 Å². The van der Waals surface area contributed by atoms with Gasteiger partial charge in [-0.3, -0.25) is 4.98 Å². The number of aromatic hydroxyl groups is 1. The minimum Gasteiger partial charge on any atom is -0.493 e.